The topological polar surface area (TPSA) is 108 Å². The number of aromatic nitrogens is 2. The van der Waals surface area contributed by atoms with Crippen molar-refractivity contribution in [1.29, 1.82) is 5.26 Å². The molecule has 0 radical (unpaired) electrons. The van der Waals surface area contributed by atoms with Gasteiger partial charge in [-0.05, 0) is 54.6 Å². The SMILES string of the molecule is COCCOc1cc2ncnc(Nc3ccc(Oc4ccc(C#N)cc4)cc3)c2cc1OCCOC. The van der Waals surface area contributed by atoms with Crippen LogP contribution in [-0.2, 0) is 9.47 Å². The van der Waals surface area contributed by atoms with E-state index in [-0.39, 0.29) is 0 Å². The van der Waals surface area contributed by atoms with Gasteiger partial charge in [0, 0.05) is 31.4 Å². The molecule has 0 saturated carbocycles. The Morgan fingerprint density at radius 1 is 0.778 bits per heavy atom. The second-order valence-electron chi connectivity index (χ2n) is 7.61. The molecule has 0 bridgehead atoms. The van der Waals surface area contributed by atoms with Crippen LogP contribution in [0.5, 0.6) is 23.0 Å². The lowest BCUT2D eigenvalue weighted by atomic mass is 10.2. The molecule has 0 amide bonds. The largest absolute Gasteiger partial charge is 0.487 e. The van der Waals surface area contributed by atoms with Gasteiger partial charge in [0.1, 0.15) is 36.9 Å². The summed E-state index contributed by atoms with van der Waals surface area (Å²) in [4.78, 5) is 8.83. The summed E-state index contributed by atoms with van der Waals surface area (Å²) < 4.78 is 27.8. The highest BCUT2D eigenvalue weighted by Crippen LogP contribution is 2.35. The number of nitrogens with zero attached hydrogens (tertiary/aromatic N) is 3. The number of fused-ring (bicyclic) bond motifs is 1. The highest BCUT2D eigenvalue weighted by molar-refractivity contribution is 5.93. The number of methoxy groups -OCH3 is 2. The lowest BCUT2D eigenvalue weighted by molar-refractivity contribution is 0.132. The van der Waals surface area contributed by atoms with Crippen molar-refractivity contribution < 1.29 is 23.7 Å². The summed E-state index contributed by atoms with van der Waals surface area (Å²) in [6.45, 7) is 1.66. The van der Waals surface area contributed by atoms with E-state index in [0.29, 0.717) is 66.3 Å². The Morgan fingerprint density at radius 3 is 2.00 bits per heavy atom. The number of anilines is 2. The first-order valence-electron chi connectivity index (χ1n) is 11.3. The summed E-state index contributed by atoms with van der Waals surface area (Å²) in [5.74, 6) is 3.09. The van der Waals surface area contributed by atoms with Gasteiger partial charge in [-0.15, -0.1) is 0 Å². The third-order valence-corrected chi connectivity index (χ3v) is 5.13. The van der Waals surface area contributed by atoms with E-state index in [0.717, 1.165) is 11.1 Å². The molecule has 1 heterocycles. The lowest BCUT2D eigenvalue weighted by Gasteiger charge is -2.15. The van der Waals surface area contributed by atoms with Gasteiger partial charge in [-0.1, -0.05) is 0 Å². The molecule has 0 aliphatic heterocycles. The van der Waals surface area contributed by atoms with Gasteiger partial charge in [0.2, 0.25) is 0 Å². The third kappa shape index (κ3) is 6.39. The first-order valence-corrected chi connectivity index (χ1v) is 11.3. The first kappa shape index (κ1) is 24.7. The van der Waals surface area contributed by atoms with E-state index in [1.807, 2.05) is 36.4 Å². The first-order chi connectivity index (χ1) is 17.7. The summed E-state index contributed by atoms with van der Waals surface area (Å²) in [5, 5.41) is 13.0. The fourth-order valence-electron chi connectivity index (χ4n) is 3.34. The molecule has 184 valence electrons. The molecule has 4 rings (SSSR count). The highest BCUT2D eigenvalue weighted by atomic mass is 16.5. The Labute approximate surface area is 209 Å². The van der Waals surface area contributed by atoms with Crippen LogP contribution in [0, 0.1) is 11.3 Å². The molecule has 9 heteroatoms. The predicted molar refractivity (Wildman–Crippen MR) is 135 cm³/mol. The van der Waals surface area contributed by atoms with Crippen molar-refractivity contribution in [2.24, 2.45) is 0 Å². The van der Waals surface area contributed by atoms with E-state index in [1.54, 1.807) is 38.5 Å². The number of nitrogens with one attached hydrogen (secondary N) is 1. The van der Waals surface area contributed by atoms with Crippen LogP contribution in [0.4, 0.5) is 11.5 Å². The maximum absolute atomic E-state index is 8.93. The fraction of sp³-hybridized carbons (Fsp3) is 0.222. The van der Waals surface area contributed by atoms with Crippen molar-refractivity contribution in [3.8, 4) is 29.1 Å². The quantitative estimate of drug-likeness (QED) is 0.274. The van der Waals surface area contributed by atoms with Crippen LogP contribution in [0.2, 0.25) is 0 Å². The standard InChI is InChI=1S/C27H26N4O5/c1-32-11-13-34-25-15-23-24(16-26(25)35-14-12-33-2)29-18-30-27(23)31-20-5-9-22(10-6-20)36-21-7-3-19(17-28)4-8-21/h3-10,15-16,18H,11-14H2,1-2H3,(H,29,30,31). The molecule has 1 aromatic heterocycles. The minimum absolute atomic E-state index is 0.375. The molecule has 0 aliphatic carbocycles. The van der Waals surface area contributed by atoms with Gasteiger partial charge in [-0.3, -0.25) is 0 Å². The molecule has 4 aromatic rings. The van der Waals surface area contributed by atoms with Gasteiger partial charge in [0.05, 0.1) is 30.4 Å². The number of rotatable bonds is 12. The zero-order valence-corrected chi connectivity index (χ0v) is 20.1. The van der Waals surface area contributed by atoms with Crippen molar-refractivity contribution in [2.75, 3.05) is 46.0 Å². The zero-order chi connectivity index (χ0) is 25.2. The smallest absolute Gasteiger partial charge is 0.163 e. The fourth-order valence-corrected chi connectivity index (χ4v) is 3.34. The molecule has 0 unspecified atom stereocenters. The molecular weight excluding hydrogens is 460 g/mol. The summed E-state index contributed by atoms with van der Waals surface area (Å²) in [6.07, 6.45) is 1.50. The van der Waals surface area contributed by atoms with Gasteiger partial charge in [0.15, 0.2) is 11.5 Å². The molecule has 9 nitrogen and oxygen atoms in total. The summed E-state index contributed by atoms with van der Waals surface area (Å²) in [6, 6.07) is 20.2. The number of nitriles is 1. The minimum Gasteiger partial charge on any atom is -0.487 e. The van der Waals surface area contributed by atoms with Crippen molar-refractivity contribution in [1.82, 2.24) is 9.97 Å². The van der Waals surface area contributed by atoms with Gasteiger partial charge in [0.25, 0.3) is 0 Å². The number of ether oxygens (including phenoxy) is 5. The van der Waals surface area contributed by atoms with Crippen LogP contribution in [-0.4, -0.2) is 50.6 Å². The second kappa shape index (κ2) is 12.4. The van der Waals surface area contributed by atoms with Crippen LogP contribution >= 0.6 is 0 Å². The Hall–Kier alpha value is -4.39. The van der Waals surface area contributed by atoms with Crippen LogP contribution in [0.25, 0.3) is 10.9 Å². The van der Waals surface area contributed by atoms with E-state index in [4.69, 9.17) is 28.9 Å². The molecule has 3 aromatic carbocycles. The Bertz CT molecular complexity index is 1320. The summed E-state index contributed by atoms with van der Waals surface area (Å²) >= 11 is 0. The van der Waals surface area contributed by atoms with E-state index in [1.165, 1.54) is 6.33 Å². The average Bonchev–Trinajstić information content (AvgIpc) is 2.91. The molecule has 0 atom stereocenters. The normalized spacial score (nSPS) is 10.6. The lowest BCUT2D eigenvalue weighted by Crippen LogP contribution is -2.09. The monoisotopic (exact) mass is 486 g/mol. The number of hydrogen-bond donors (Lipinski definition) is 1. The van der Waals surface area contributed by atoms with Crippen LogP contribution in [0.1, 0.15) is 5.56 Å². The number of benzene rings is 3. The summed E-state index contributed by atoms with van der Waals surface area (Å²) in [7, 11) is 3.24. The van der Waals surface area contributed by atoms with Gasteiger partial charge >= 0.3 is 0 Å². The van der Waals surface area contributed by atoms with E-state index in [2.05, 4.69) is 21.4 Å². The molecule has 0 fully saturated rings. The van der Waals surface area contributed by atoms with Gasteiger partial charge < -0.3 is 29.0 Å². The summed E-state index contributed by atoms with van der Waals surface area (Å²) in [5.41, 5.74) is 2.11. The minimum atomic E-state index is 0.375. The Morgan fingerprint density at radius 2 is 1.39 bits per heavy atom. The Kier molecular flexibility index (Phi) is 8.48. The van der Waals surface area contributed by atoms with Crippen molar-refractivity contribution in [3.05, 3.63) is 72.6 Å². The highest BCUT2D eigenvalue weighted by Gasteiger charge is 2.13. The van der Waals surface area contributed by atoms with Gasteiger partial charge in [-0.2, -0.15) is 5.26 Å². The molecule has 1 N–H and O–H groups in total. The molecule has 0 aliphatic rings. The van der Waals surface area contributed by atoms with Crippen molar-refractivity contribution >= 4 is 22.4 Å². The molecule has 36 heavy (non-hydrogen) atoms. The average molecular weight is 487 g/mol. The Balaban J connectivity index is 1.53. The van der Waals surface area contributed by atoms with Crippen LogP contribution in [0.3, 0.4) is 0 Å². The molecule has 0 saturated heterocycles. The maximum atomic E-state index is 8.93. The van der Waals surface area contributed by atoms with Crippen molar-refractivity contribution in [2.45, 2.75) is 0 Å². The van der Waals surface area contributed by atoms with Crippen molar-refractivity contribution in [3.63, 3.8) is 0 Å². The van der Waals surface area contributed by atoms with Crippen LogP contribution in [0.15, 0.2) is 67.0 Å². The zero-order valence-electron chi connectivity index (χ0n) is 20.1. The van der Waals surface area contributed by atoms with Crippen LogP contribution < -0.4 is 19.5 Å². The van der Waals surface area contributed by atoms with E-state index < -0.39 is 0 Å². The number of hydrogen-bond acceptors (Lipinski definition) is 9. The molecule has 0 spiro atoms. The van der Waals surface area contributed by atoms with E-state index >= 15 is 0 Å². The third-order valence-electron chi connectivity index (χ3n) is 5.13. The van der Waals surface area contributed by atoms with E-state index in [9.17, 15) is 0 Å². The predicted octanol–water partition coefficient (Wildman–Crippen LogP) is 5.09. The second-order valence-corrected chi connectivity index (χ2v) is 7.61. The molecular formula is C27H26N4O5. The maximum Gasteiger partial charge on any atom is 0.163 e. The van der Waals surface area contributed by atoms with Gasteiger partial charge in [-0.25, -0.2) is 9.97 Å².